The van der Waals surface area contributed by atoms with Crippen LogP contribution < -0.4 is 16.5 Å². The Balaban J connectivity index is 1.59. The quantitative estimate of drug-likeness (QED) is 0.384. The number of nitrogens with zero attached hydrogens (tertiary/aromatic N) is 1. The van der Waals surface area contributed by atoms with Gasteiger partial charge in [-0.15, -0.1) is 0 Å². The number of nitrogens with two attached hydrogens (primary N) is 2. The van der Waals surface area contributed by atoms with Gasteiger partial charge in [-0.05, 0) is 47.2 Å². The molecule has 0 atom stereocenters. The third-order valence-corrected chi connectivity index (χ3v) is 4.29. The van der Waals surface area contributed by atoms with Crippen molar-refractivity contribution >= 4 is 28.2 Å². The maximum atomic E-state index is 12.6. The van der Waals surface area contributed by atoms with Gasteiger partial charge in [-0.1, -0.05) is 29.4 Å². The predicted octanol–water partition coefficient (Wildman–Crippen LogP) is 2.21. The van der Waals surface area contributed by atoms with Gasteiger partial charge in [0, 0.05) is 22.9 Å². The van der Waals surface area contributed by atoms with E-state index in [0.717, 1.165) is 21.9 Å². The van der Waals surface area contributed by atoms with E-state index in [4.69, 9.17) is 15.7 Å². The molecule has 132 valence electrons. The lowest BCUT2D eigenvalue weighted by atomic mass is 10.0. The number of rotatable bonds is 4. The Hall–Kier alpha value is -3.93. The number of benzene rings is 3. The molecule has 0 spiro atoms. The fourth-order valence-electron chi connectivity index (χ4n) is 2.89. The summed E-state index contributed by atoms with van der Waals surface area (Å²) in [5, 5.41) is 14.4. The van der Waals surface area contributed by atoms with Gasteiger partial charge in [0.05, 0.1) is 5.56 Å². The Morgan fingerprint density at radius 3 is 2.41 bits per heavy atom. The number of anilines is 1. The molecule has 0 saturated heterocycles. The first-order chi connectivity index (χ1) is 13.1. The van der Waals surface area contributed by atoms with Crippen molar-refractivity contribution in [1.82, 2.24) is 5.16 Å². The Morgan fingerprint density at radius 2 is 1.70 bits per heavy atom. The summed E-state index contributed by atoms with van der Waals surface area (Å²) in [6.45, 7) is 0. The summed E-state index contributed by atoms with van der Waals surface area (Å²) in [6.07, 6.45) is 1.51. The van der Waals surface area contributed by atoms with Crippen LogP contribution in [0.5, 0.6) is 0 Å². The number of aromatic nitrogens is 1. The summed E-state index contributed by atoms with van der Waals surface area (Å²) in [7, 11) is 0. The number of nitrogens with one attached hydrogen (secondary N) is 1. The van der Waals surface area contributed by atoms with Crippen LogP contribution in [-0.2, 0) is 0 Å². The van der Waals surface area contributed by atoms with E-state index in [0.29, 0.717) is 16.9 Å². The van der Waals surface area contributed by atoms with Gasteiger partial charge in [-0.2, -0.15) is 0 Å². The highest BCUT2D eigenvalue weighted by molar-refractivity contribution is 6.07. The topological polar surface area (TPSA) is 107 Å². The Bertz CT molecular complexity index is 1150. The lowest BCUT2D eigenvalue weighted by Gasteiger charge is -2.08. The number of hydrogen-bond donors (Lipinski definition) is 3. The van der Waals surface area contributed by atoms with Gasteiger partial charge in [-0.3, -0.25) is 15.9 Å². The second-order valence-corrected chi connectivity index (χ2v) is 6.15. The molecule has 4 aromatic rings. The summed E-state index contributed by atoms with van der Waals surface area (Å²) < 4.78 is 4.87. The summed E-state index contributed by atoms with van der Waals surface area (Å²) in [5.41, 5.74) is 9.22. The molecule has 6 heteroatoms. The average molecular weight is 357 g/mol. The minimum Gasteiger partial charge on any atom is -0.364 e. The minimum absolute atomic E-state index is 0.191. The Kier molecular flexibility index (Phi) is 4.14. The molecular weight excluding hydrogens is 340 g/mol. The van der Waals surface area contributed by atoms with Crippen LogP contribution >= 0.6 is 0 Å². The van der Waals surface area contributed by atoms with E-state index in [9.17, 15) is 4.79 Å². The number of carbonyl (C=O) groups excluding carboxylic acids is 1. The average Bonchev–Trinajstić information content (AvgIpc) is 3.22. The molecule has 3 aromatic carbocycles. The molecule has 1 aromatic heterocycles. The maximum Gasteiger partial charge on any atom is 0.270 e. The number of amidine groups is 1. The lowest BCUT2D eigenvalue weighted by molar-refractivity contribution is -0.114. The second kappa shape index (κ2) is 6.76. The van der Waals surface area contributed by atoms with Gasteiger partial charge >= 0.3 is 0 Å². The molecule has 0 saturated carbocycles. The van der Waals surface area contributed by atoms with Gasteiger partial charge in [0.15, 0.2) is 0 Å². The van der Waals surface area contributed by atoms with Crippen LogP contribution in [0.15, 0.2) is 77.5 Å². The highest BCUT2D eigenvalue weighted by Gasteiger charge is 2.10. The molecule has 0 radical (unpaired) electrons. The van der Waals surface area contributed by atoms with E-state index < -0.39 is 0 Å². The van der Waals surface area contributed by atoms with Gasteiger partial charge in [0.1, 0.15) is 12.0 Å². The van der Waals surface area contributed by atoms with Crippen molar-refractivity contribution in [1.29, 1.82) is 0 Å². The second-order valence-electron chi connectivity index (χ2n) is 6.15. The first-order valence-electron chi connectivity index (χ1n) is 8.34. The van der Waals surface area contributed by atoms with E-state index in [1.165, 1.54) is 6.26 Å². The van der Waals surface area contributed by atoms with Crippen molar-refractivity contribution in [3.8, 4) is 11.3 Å². The number of amides is 1. The molecule has 0 fully saturated rings. The summed E-state index contributed by atoms with van der Waals surface area (Å²) in [6, 6.07) is 20.3. The molecular formula is C21H17N4O2+. The predicted molar refractivity (Wildman–Crippen MR) is 104 cm³/mol. The highest BCUT2D eigenvalue weighted by Crippen LogP contribution is 2.22. The van der Waals surface area contributed by atoms with Crippen molar-refractivity contribution < 1.29 is 14.7 Å². The van der Waals surface area contributed by atoms with Gasteiger partial charge in [0.2, 0.25) is 0 Å². The van der Waals surface area contributed by atoms with Crippen molar-refractivity contribution in [3.63, 3.8) is 0 Å². The normalized spacial score (nSPS) is 10.7. The number of carbonyl (C=O) groups is 1. The van der Waals surface area contributed by atoms with E-state index in [-0.39, 0.29) is 11.7 Å². The largest absolute Gasteiger partial charge is 0.364 e. The number of hydrogen-bond acceptors (Lipinski definition) is 3. The van der Waals surface area contributed by atoms with Crippen LogP contribution in [0.2, 0.25) is 0 Å². The van der Waals surface area contributed by atoms with Gasteiger partial charge in [0.25, 0.3) is 11.7 Å². The fraction of sp³-hybridized carbons (Fsp3) is 0. The molecule has 4 rings (SSSR count). The Labute approximate surface area is 155 Å². The van der Waals surface area contributed by atoms with Crippen molar-refractivity contribution in [2.45, 2.75) is 0 Å². The summed E-state index contributed by atoms with van der Waals surface area (Å²) in [4.78, 5) is 12.6. The first kappa shape index (κ1) is 16.5. The van der Waals surface area contributed by atoms with Crippen LogP contribution in [0.1, 0.15) is 15.9 Å². The molecule has 6 nitrogen and oxygen atoms in total. The molecule has 5 N–H and O–H groups in total. The van der Waals surface area contributed by atoms with Crippen molar-refractivity contribution in [2.24, 2.45) is 5.73 Å². The summed E-state index contributed by atoms with van der Waals surface area (Å²) >= 11 is 0. The lowest BCUT2D eigenvalue weighted by Crippen LogP contribution is -2.46. The number of fused-ring (bicyclic) bond motifs is 1. The molecule has 0 aliphatic rings. The standard InChI is InChI=1S/C21H16N4O2/c22-20(23)16-6-4-14-11-17(7-5-13(14)10-16)21(26)24-18-3-1-2-15(12-18)19-8-9-27-25-19/h1-12H,(H3,22,23)(H,24,26)/p+1. The highest BCUT2D eigenvalue weighted by atomic mass is 16.5. The first-order valence-corrected chi connectivity index (χ1v) is 8.34. The smallest absolute Gasteiger partial charge is 0.270 e. The van der Waals surface area contributed by atoms with Gasteiger partial charge in [-0.25, -0.2) is 0 Å². The monoisotopic (exact) mass is 357 g/mol. The van der Waals surface area contributed by atoms with E-state index in [1.54, 1.807) is 12.1 Å². The van der Waals surface area contributed by atoms with Crippen LogP contribution in [0.25, 0.3) is 22.0 Å². The molecule has 1 amide bonds. The van der Waals surface area contributed by atoms with Crippen LogP contribution in [0.3, 0.4) is 0 Å². The third-order valence-electron chi connectivity index (χ3n) is 4.29. The zero-order chi connectivity index (χ0) is 18.8. The van der Waals surface area contributed by atoms with E-state index in [2.05, 4.69) is 10.5 Å². The zero-order valence-corrected chi connectivity index (χ0v) is 14.3. The fourth-order valence-corrected chi connectivity index (χ4v) is 2.89. The molecule has 0 unspecified atom stereocenters. The van der Waals surface area contributed by atoms with Crippen LogP contribution in [0.4, 0.5) is 5.69 Å². The van der Waals surface area contributed by atoms with E-state index in [1.807, 2.05) is 54.6 Å². The molecule has 27 heavy (non-hydrogen) atoms. The van der Waals surface area contributed by atoms with Crippen LogP contribution in [0, 0.1) is 0 Å². The summed E-state index contributed by atoms with van der Waals surface area (Å²) in [5.74, 6) is 0.0777. The molecule has 0 aliphatic heterocycles. The molecule has 0 aliphatic carbocycles. The maximum absolute atomic E-state index is 12.6. The minimum atomic E-state index is -0.191. The third kappa shape index (κ3) is 3.41. The van der Waals surface area contributed by atoms with Crippen molar-refractivity contribution in [2.75, 3.05) is 5.32 Å². The molecule has 0 bridgehead atoms. The van der Waals surface area contributed by atoms with E-state index >= 15 is 0 Å². The van der Waals surface area contributed by atoms with Crippen LogP contribution in [-0.4, -0.2) is 16.9 Å². The Morgan fingerprint density at radius 1 is 0.963 bits per heavy atom. The molecule has 1 heterocycles. The van der Waals surface area contributed by atoms with Crippen molar-refractivity contribution in [3.05, 3.63) is 84.1 Å². The zero-order valence-electron chi connectivity index (χ0n) is 14.3. The SMILES string of the molecule is NC(=[NH2+])c1ccc2cc(C(=O)Nc3cccc(-c4ccon4)c3)ccc2c1. The van der Waals surface area contributed by atoms with Gasteiger partial charge < -0.3 is 9.84 Å².